The first-order chi connectivity index (χ1) is 29.4. The smallest absolute Gasteiger partial charge is 0.187 e. The molecule has 356 valence electrons. The maximum Gasteiger partial charge on any atom is 0.187 e. The van der Waals surface area contributed by atoms with Crippen molar-refractivity contribution in [2.24, 2.45) is 52.3 Å². The highest BCUT2D eigenvalue weighted by molar-refractivity contribution is 5.15. The molecule has 62 heavy (non-hydrogen) atoms. The summed E-state index contributed by atoms with van der Waals surface area (Å²) in [6.07, 6.45) is -12.6. The Balaban J connectivity index is 0.899. The van der Waals surface area contributed by atoms with Crippen molar-refractivity contribution in [3.8, 4) is 0 Å². The minimum Gasteiger partial charge on any atom is -0.394 e. The van der Waals surface area contributed by atoms with Gasteiger partial charge in [-0.3, -0.25) is 0 Å². The minimum absolute atomic E-state index is 0.103. The van der Waals surface area contributed by atoms with Crippen LogP contribution in [0, 0.1) is 52.3 Å². The first-order valence-corrected chi connectivity index (χ1v) is 23.7. The molecular formula is C45H74O17. The van der Waals surface area contributed by atoms with Crippen molar-refractivity contribution in [3.05, 3.63) is 0 Å². The second-order valence-corrected chi connectivity index (χ2v) is 21.5. The molecule has 5 heterocycles. The van der Waals surface area contributed by atoms with Crippen LogP contribution in [0.3, 0.4) is 0 Å². The lowest BCUT2D eigenvalue weighted by molar-refractivity contribution is -0.390. The molecule has 0 radical (unpaired) electrons. The number of hydrogen-bond donors (Lipinski definition) is 9. The molecule has 0 aromatic carbocycles. The molecule has 0 amide bonds. The van der Waals surface area contributed by atoms with E-state index in [4.69, 9.17) is 37.9 Å². The van der Waals surface area contributed by atoms with Crippen molar-refractivity contribution in [1.29, 1.82) is 0 Å². The van der Waals surface area contributed by atoms with Crippen molar-refractivity contribution in [3.63, 3.8) is 0 Å². The molecule has 9 aliphatic rings. The fourth-order valence-corrected chi connectivity index (χ4v) is 14.6. The molecule has 0 aromatic heterocycles. The summed E-state index contributed by atoms with van der Waals surface area (Å²) >= 11 is 0. The molecule has 5 aliphatic heterocycles. The van der Waals surface area contributed by atoms with Crippen LogP contribution in [-0.4, -0.2) is 176 Å². The van der Waals surface area contributed by atoms with E-state index >= 15 is 0 Å². The third-order valence-corrected chi connectivity index (χ3v) is 18.2. The van der Waals surface area contributed by atoms with Gasteiger partial charge in [0.25, 0.3) is 0 Å². The molecule has 9 N–H and O–H groups in total. The SMILES string of the molecule is CC1CC[C@@]2(OC1)O[C@H]1C[C@H]3[C@@H]4CC[C@H]5C[C@@H](O[C@@H]6O[C@H](CO)[C@H](O[C@@H]7O[C@H](CO)[C@@H](O)[C@H](O)[C@H]7O)[C@H](O)[C@H]6O[C@@H]6O[C@@H](C)[C@H](O)[C@@H](O)[C@H]6O)CC[C@]5(C)[C@H]4CC[C@]3(C)[C@H]1[C@@H]2C. The van der Waals surface area contributed by atoms with Gasteiger partial charge in [-0.05, 0) is 111 Å². The van der Waals surface area contributed by atoms with Crippen LogP contribution < -0.4 is 0 Å². The van der Waals surface area contributed by atoms with Gasteiger partial charge >= 0.3 is 0 Å². The Kier molecular flexibility index (Phi) is 13.1. The molecule has 9 fully saturated rings. The summed E-state index contributed by atoms with van der Waals surface area (Å²) in [4.78, 5) is 0. The second-order valence-electron chi connectivity index (χ2n) is 21.5. The quantitative estimate of drug-likeness (QED) is 0.149. The van der Waals surface area contributed by atoms with Crippen LogP contribution in [0.4, 0.5) is 0 Å². The standard InChI is InChI=1S/C45H74O17/c1-19-8-13-45(55-18-19)20(2)30-27(62-45)15-26-24-7-6-22-14-23(9-11-43(22,4)25(24)10-12-44(26,30)5)57-42-39(61-40-35(52)33(50)31(48)21(3)56-40)37(54)38(29(17-47)59-42)60-41-36(53)34(51)32(49)28(16-46)58-41/h19-42,46-54H,6-18H2,1-5H3/t19?,20-,21-,22-,23-,24+,25-,26-,27-,28+,29+,30-,31-,32+,33+,34-,35+,36+,37-,38-,39+,40-,41-,42+,43-,44-,45+/m0/s1. The molecule has 0 bridgehead atoms. The van der Waals surface area contributed by atoms with Gasteiger partial charge in [-0.25, -0.2) is 0 Å². The second kappa shape index (κ2) is 17.4. The largest absolute Gasteiger partial charge is 0.394 e. The first kappa shape index (κ1) is 46.4. The molecule has 9 rings (SSSR count). The van der Waals surface area contributed by atoms with E-state index in [0.29, 0.717) is 47.8 Å². The van der Waals surface area contributed by atoms with Crippen LogP contribution in [0.2, 0.25) is 0 Å². The van der Waals surface area contributed by atoms with Crippen molar-refractivity contribution >= 4 is 0 Å². The zero-order valence-corrected chi connectivity index (χ0v) is 36.8. The van der Waals surface area contributed by atoms with Crippen LogP contribution in [0.5, 0.6) is 0 Å². The van der Waals surface area contributed by atoms with Gasteiger partial charge in [0.15, 0.2) is 24.7 Å². The molecule has 4 aliphatic carbocycles. The molecule has 4 saturated carbocycles. The molecule has 1 unspecified atom stereocenters. The lowest BCUT2D eigenvalue weighted by Gasteiger charge is -2.61. The van der Waals surface area contributed by atoms with Crippen molar-refractivity contribution in [2.45, 2.75) is 209 Å². The van der Waals surface area contributed by atoms with Crippen LogP contribution >= 0.6 is 0 Å². The van der Waals surface area contributed by atoms with Gasteiger partial charge in [0.05, 0.1) is 38.1 Å². The predicted molar refractivity (Wildman–Crippen MR) is 214 cm³/mol. The summed E-state index contributed by atoms with van der Waals surface area (Å²) < 4.78 is 50.0. The zero-order chi connectivity index (χ0) is 44.2. The van der Waals surface area contributed by atoms with Gasteiger partial charge in [0.1, 0.15) is 67.1 Å². The van der Waals surface area contributed by atoms with E-state index < -0.39 is 111 Å². The van der Waals surface area contributed by atoms with Gasteiger partial charge in [-0.15, -0.1) is 0 Å². The van der Waals surface area contributed by atoms with E-state index in [2.05, 4.69) is 27.7 Å². The number of aliphatic hydroxyl groups excluding tert-OH is 9. The molecule has 27 atom stereocenters. The first-order valence-electron chi connectivity index (χ1n) is 23.7. The van der Waals surface area contributed by atoms with Crippen LogP contribution in [0.25, 0.3) is 0 Å². The fourth-order valence-electron chi connectivity index (χ4n) is 14.6. The van der Waals surface area contributed by atoms with Crippen molar-refractivity contribution in [2.75, 3.05) is 19.8 Å². The number of rotatable bonds is 8. The zero-order valence-electron chi connectivity index (χ0n) is 36.8. The average Bonchev–Trinajstić information content (AvgIpc) is 3.70. The number of aliphatic hydroxyl groups is 9. The van der Waals surface area contributed by atoms with Crippen molar-refractivity contribution in [1.82, 2.24) is 0 Å². The maximum atomic E-state index is 12.0. The summed E-state index contributed by atoms with van der Waals surface area (Å²) in [6.45, 7) is 10.6. The number of hydrogen-bond acceptors (Lipinski definition) is 17. The fraction of sp³-hybridized carbons (Fsp3) is 1.00. The van der Waals surface area contributed by atoms with E-state index in [-0.39, 0.29) is 23.0 Å². The maximum absolute atomic E-state index is 12.0. The predicted octanol–water partition coefficient (Wildman–Crippen LogP) is 0.294. The summed E-state index contributed by atoms with van der Waals surface area (Å²) in [7, 11) is 0. The van der Waals surface area contributed by atoms with Gasteiger partial charge in [0.2, 0.25) is 0 Å². The molecule has 5 saturated heterocycles. The van der Waals surface area contributed by atoms with Crippen molar-refractivity contribution < 1.29 is 83.9 Å². The van der Waals surface area contributed by atoms with Gasteiger partial charge in [-0.2, -0.15) is 0 Å². The highest BCUT2D eigenvalue weighted by Gasteiger charge is 2.69. The van der Waals surface area contributed by atoms with Crippen LogP contribution in [0.1, 0.15) is 98.8 Å². The Morgan fingerprint density at radius 2 is 1.24 bits per heavy atom. The highest BCUT2D eigenvalue weighted by Crippen LogP contribution is 2.71. The third-order valence-electron chi connectivity index (χ3n) is 18.2. The van der Waals surface area contributed by atoms with E-state index in [0.717, 1.165) is 51.6 Å². The minimum atomic E-state index is -1.81. The monoisotopic (exact) mass is 886 g/mol. The van der Waals surface area contributed by atoms with Crippen LogP contribution in [-0.2, 0) is 37.9 Å². The van der Waals surface area contributed by atoms with Gasteiger partial charge in [0, 0.05) is 12.3 Å². The Bertz CT molecular complexity index is 1550. The van der Waals surface area contributed by atoms with Crippen LogP contribution in [0.15, 0.2) is 0 Å². The number of ether oxygens (including phenoxy) is 8. The lowest BCUT2D eigenvalue weighted by Crippen LogP contribution is -2.67. The summed E-state index contributed by atoms with van der Waals surface area (Å²) in [6, 6.07) is 0. The summed E-state index contributed by atoms with van der Waals surface area (Å²) in [5.74, 6) is 3.18. The van der Waals surface area contributed by atoms with E-state index in [1.807, 2.05) is 0 Å². The Hall–Kier alpha value is -0.680. The summed E-state index contributed by atoms with van der Waals surface area (Å²) in [5.41, 5.74) is 0.320. The molecule has 0 aromatic rings. The summed E-state index contributed by atoms with van der Waals surface area (Å²) in [5, 5.41) is 95.8. The van der Waals surface area contributed by atoms with E-state index in [1.165, 1.54) is 19.8 Å². The van der Waals surface area contributed by atoms with Gasteiger partial charge in [-0.1, -0.05) is 27.7 Å². The average molecular weight is 887 g/mol. The lowest BCUT2D eigenvalue weighted by atomic mass is 9.44. The highest BCUT2D eigenvalue weighted by atomic mass is 16.8. The molecule has 17 nitrogen and oxygen atoms in total. The Morgan fingerprint density at radius 3 is 1.94 bits per heavy atom. The Labute approximate surface area is 364 Å². The van der Waals surface area contributed by atoms with E-state index in [1.54, 1.807) is 0 Å². The number of fused-ring (bicyclic) bond motifs is 7. The topological polar surface area (TPSA) is 256 Å². The van der Waals surface area contributed by atoms with Gasteiger partial charge < -0.3 is 83.9 Å². The third kappa shape index (κ3) is 7.56. The molecule has 17 heteroatoms. The Morgan fingerprint density at radius 1 is 0.581 bits per heavy atom. The molecular weight excluding hydrogens is 812 g/mol. The normalized spacial score (nSPS) is 58.9. The molecule has 1 spiro atoms. The van der Waals surface area contributed by atoms with E-state index in [9.17, 15) is 46.0 Å².